The molecule has 104 valence electrons. The Labute approximate surface area is 122 Å². The fourth-order valence-electron chi connectivity index (χ4n) is 2.34. The average Bonchev–Trinajstić information content (AvgIpc) is 2.47. The Morgan fingerprint density at radius 1 is 1.14 bits per heavy atom. The molecule has 0 bridgehead atoms. The number of para-hydroxylation sites is 1. The molecule has 4 heteroatoms. The normalized spacial score (nSPS) is 10.5. The fourth-order valence-corrected chi connectivity index (χ4v) is 2.34. The predicted octanol–water partition coefficient (Wildman–Crippen LogP) is 3.99. The van der Waals surface area contributed by atoms with Gasteiger partial charge in [0, 0.05) is 17.3 Å². The van der Waals surface area contributed by atoms with Crippen LogP contribution in [-0.4, -0.2) is 16.1 Å². The highest BCUT2D eigenvalue weighted by molar-refractivity contribution is 5.93. The Morgan fingerprint density at radius 3 is 2.71 bits per heavy atom. The second kappa shape index (κ2) is 5.25. The summed E-state index contributed by atoms with van der Waals surface area (Å²) in [5.41, 5.74) is 3.67. The predicted molar refractivity (Wildman–Crippen MR) is 83.2 cm³/mol. The molecule has 0 aliphatic rings. The number of hydrogen-bond donors (Lipinski definition) is 2. The number of benzene rings is 2. The molecule has 2 aromatic carbocycles. The highest BCUT2D eigenvalue weighted by Gasteiger charge is 2.08. The molecule has 0 atom stereocenters. The first-order valence-corrected chi connectivity index (χ1v) is 6.60. The van der Waals surface area contributed by atoms with Crippen LogP contribution in [-0.2, 0) is 0 Å². The molecule has 3 aromatic rings. The molecular formula is C17H14N2O2. The number of carbonyl (C=O) groups is 1. The number of aromatic carboxylic acids is 1. The Kier molecular flexibility index (Phi) is 3.28. The lowest BCUT2D eigenvalue weighted by atomic mass is 10.1. The highest BCUT2D eigenvalue weighted by Crippen LogP contribution is 2.25. The molecule has 0 saturated carbocycles. The third-order valence-corrected chi connectivity index (χ3v) is 3.37. The molecule has 21 heavy (non-hydrogen) atoms. The van der Waals surface area contributed by atoms with Crippen LogP contribution < -0.4 is 5.32 Å². The Hall–Kier alpha value is -2.88. The van der Waals surface area contributed by atoms with Crippen molar-refractivity contribution < 1.29 is 9.90 Å². The van der Waals surface area contributed by atoms with Crippen LogP contribution >= 0.6 is 0 Å². The highest BCUT2D eigenvalue weighted by atomic mass is 16.4. The summed E-state index contributed by atoms with van der Waals surface area (Å²) in [5, 5.41) is 13.4. The standard InChI is InChI=1S/C17H14N2O2/c1-11-10-13(7-8-14(11)17(20)21)19-15-6-2-4-12-5-3-9-18-16(12)15/h2-10,19H,1H3,(H,20,21). The summed E-state index contributed by atoms with van der Waals surface area (Å²) in [6.45, 7) is 1.79. The molecule has 0 fully saturated rings. The van der Waals surface area contributed by atoms with Gasteiger partial charge in [-0.2, -0.15) is 0 Å². The Bertz CT molecular complexity index is 823. The minimum atomic E-state index is -0.911. The van der Waals surface area contributed by atoms with E-state index in [2.05, 4.69) is 10.3 Å². The van der Waals surface area contributed by atoms with Gasteiger partial charge in [0.05, 0.1) is 16.8 Å². The summed E-state index contributed by atoms with van der Waals surface area (Å²) < 4.78 is 0. The number of carboxylic acid groups (broad SMARTS) is 1. The number of carboxylic acids is 1. The number of nitrogens with one attached hydrogen (secondary N) is 1. The van der Waals surface area contributed by atoms with Crippen LogP contribution in [0.2, 0.25) is 0 Å². The number of nitrogens with zero attached hydrogens (tertiary/aromatic N) is 1. The molecule has 2 N–H and O–H groups in total. The van der Waals surface area contributed by atoms with Gasteiger partial charge >= 0.3 is 5.97 Å². The zero-order chi connectivity index (χ0) is 14.8. The van der Waals surface area contributed by atoms with Crippen molar-refractivity contribution in [3.05, 3.63) is 65.9 Å². The van der Waals surface area contributed by atoms with E-state index < -0.39 is 5.97 Å². The zero-order valence-corrected chi connectivity index (χ0v) is 11.5. The van der Waals surface area contributed by atoms with Gasteiger partial charge < -0.3 is 10.4 Å². The maximum Gasteiger partial charge on any atom is 0.335 e. The first kappa shape index (κ1) is 13.1. The molecule has 0 amide bonds. The summed E-state index contributed by atoms with van der Waals surface area (Å²) in [6, 6.07) is 15.0. The summed E-state index contributed by atoms with van der Waals surface area (Å²) in [4.78, 5) is 15.4. The number of anilines is 2. The third-order valence-electron chi connectivity index (χ3n) is 3.37. The summed E-state index contributed by atoms with van der Waals surface area (Å²) in [5.74, 6) is -0.911. The van der Waals surface area contributed by atoms with Gasteiger partial charge in [-0.3, -0.25) is 4.98 Å². The molecule has 0 radical (unpaired) electrons. The van der Waals surface area contributed by atoms with Crippen molar-refractivity contribution in [3.8, 4) is 0 Å². The number of aryl methyl sites for hydroxylation is 1. The largest absolute Gasteiger partial charge is 0.478 e. The maximum absolute atomic E-state index is 11.0. The molecule has 0 saturated heterocycles. The Morgan fingerprint density at radius 2 is 1.95 bits per heavy atom. The van der Waals surface area contributed by atoms with Gasteiger partial charge in [-0.25, -0.2) is 4.79 Å². The zero-order valence-electron chi connectivity index (χ0n) is 11.5. The summed E-state index contributed by atoms with van der Waals surface area (Å²) in [6.07, 6.45) is 1.76. The van der Waals surface area contributed by atoms with Gasteiger partial charge in [0.25, 0.3) is 0 Å². The number of rotatable bonds is 3. The smallest absolute Gasteiger partial charge is 0.335 e. The second-order valence-electron chi connectivity index (χ2n) is 4.84. The maximum atomic E-state index is 11.0. The van der Waals surface area contributed by atoms with E-state index >= 15 is 0 Å². The van der Waals surface area contributed by atoms with Crippen molar-refractivity contribution in [3.63, 3.8) is 0 Å². The number of hydrogen-bond acceptors (Lipinski definition) is 3. The van der Waals surface area contributed by atoms with Gasteiger partial charge in [-0.1, -0.05) is 18.2 Å². The third kappa shape index (κ3) is 2.56. The molecule has 4 nitrogen and oxygen atoms in total. The lowest BCUT2D eigenvalue weighted by molar-refractivity contribution is 0.0696. The first-order chi connectivity index (χ1) is 10.1. The van der Waals surface area contributed by atoms with Crippen LogP contribution in [0.15, 0.2) is 54.7 Å². The Balaban J connectivity index is 1.99. The van der Waals surface area contributed by atoms with Crippen LogP contribution in [0, 0.1) is 6.92 Å². The van der Waals surface area contributed by atoms with Crippen molar-refractivity contribution in [2.75, 3.05) is 5.32 Å². The van der Waals surface area contributed by atoms with E-state index in [4.69, 9.17) is 5.11 Å². The van der Waals surface area contributed by atoms with Crippen molar-refractivity contribution in [1.29, 1.82) is 0 Å². The van der Waals surface area contributed by atoms with Gasteiger partial charge in [0.1, 0.15) is 0 Å². The van der Waals surface area contributed by atoms with Crippen LogP contribution in [0.4, 0.5) is 11.4 Å². The van der Waals surface area contributed by atoms with E-state index in [1.54, 1.807) is 25.3 Å². The average molecular weight is 278 g/mol. The van der Waals surface area contributed by atoms with E-state index in [0.29, 0.717) is 5.56 Å². The van der Waals surface area contributed by atoms with E-state index in [9.17, 15) is 4.79 Å². The van der Waals surface area contributed by atoms with E-state index in [-0.39, 0.29) is 0 Å². The van der Waals surface area contributed by atoms with E-state index in [1.807, 2.05) is 36.4 Å². The molecular weight excluding hydrogens is 264 g/mol. The quantitative estimate of drug-likeness (QED) is 0.760. The molecule has 0 aliphatic heterocycles. The molecule has 0 aliphatic carbocycles. The molecule has 3 rings (SSSR count). The summed E-state index contributed by atoms with van der Waals surface area (Å²) >= 11 is 0. The van der Waals surface area contributed by atoms with E-state index in [0.717, 1.165) is 27.8 Å². The minimum Gasteiger partial charge on any atom is -0.478 e. The van der Waals surface area contributed by atoms with Crippen LogP contribution in [0.5, 0.6) is 0 Å². The lowest BCUT2D eigenvalue weighted by Gasteiger charge is -2.10. The van der Waals surface area contributed by atoms with Crippen LogP contribution in [0.1, 0.15) is 15.9 Å². The number of aromatic nitrogens is 1. The molecule has 1 heterocycles. The lowest BCUT2D eigenvalue weighted by Crippen LogP contribution is -2.00. The van der Waals surface area contributed by atoms with Crippen LogP contribution in [0.3, 0.4) is 0 Å². The molecule has 0 unspecified atom stereocenters. The van der Waals surface area contributed by atoms with Crippen LogP contribution in [0.25, 0.3) is 10.9 Å². The molecule has 1 aromatic heterocycles. The molecule has 0 spiro atoms. The minimum absolute atomic E-state index is 0.316. The number of pyridine rings is 1. The first-order valence-electron chi connectivity index (χ1n) is 6.60. The number of fused-ring (bicyclic) bond motifs is 1. The fraction of sp³-hybridized carbons (Fsp3) is 0.0588. The summed E-state index contributed by atoms with van der Waals surface area (Å²) in [7, 11) is 0. The topological polar surface area (TPSA) is 62.2 Å². The monoisotopic (exact) mass is 278 g/mol. The van der Waals surface area contributed by atoms with Gasteiger partial charge in [-0.15, -0.1) is 0 Å². The van der Waals surface area contributed by atoms with Gasteiger partial charge in [-0.05, 0) is 42.8 Å². The second-order valence-corrected chi connectivity index (χ2v) is 4.84. The van der Waals surface area contributed by atoms with E-state index in [1.165, 1.54) is 0 Å². The SMILES string of the molecule is Cc1cc(Nc2cccc3cccnc23)ccc1C(=O)O. The van der Waals surface area contributed by atoms with Crippen molar-refractivity contribution in [1.82, 2.24) is 4.98 Å². The van der Waals surface area contributed by atoms with Crippen molar-refractivity contribution in [2.45, 2.75) is 6.92 Å². The van der Waals surface area contributed by atoms with Crippen molar-refractivity contribution >= 4 is 28.2 Å². The van der Waals surface area contributed by atoms with Crippen molar-refractivity contribution in [2.24, 2.45) is 0 Å². The van der Waals surface area contributed by atoms with Gasteiger partial charge in [0.15, 0.2) is 0 Å². The van der Waals surface area contributed by atoms with Gasteiger partial charge in [0.2, 0.25) is 0 Å².